The molecule has 39 heavy (non-hydrogen) atoms. The average Bonchev–Trinajstić information content (AvgIpc) is 3.59. The molecule has 5 rings (SSSR count). The molecule has 206 valence electrons. The van der Waals surface area contributed by atoms with Crippen LogP contribution >= 0.6 is 0 Å². The molecule has 1 saturated heterocycles. The van der Waals surface area contributed by atoms with Crippen molar-refractivity contribution in [3.63, 3.8) is 0 Å². The Balaban J connectivity index is 1.32. The van der Waals surface area contributed by atoms with Gasteiger partial charge in [-0.05, 0) is 56.4 Å². The van der Waals surface area contributed by atoms with Crippen LogP contribution in [0.4, 0.5) is 8.78 Å². The van der Waals surface area contributed by atoms with Gasteiger partial charge >= 0.3 is 0 Å². The second-order valence-electron chi connectivity index (χ2n) is 10.6. The number of rotatable bonds is 7. The molecule has 3 heterocycles. The monoisotopic (exact) mass is 537 g/mol. The van der Waals surface area contributed by atoms with Gasteiger partial charge in [0.05, 0.1) is 17.7 Å². The highest BCUT2D eigenvalue weighted by Crippen LogP contribution is 2.33. The van der Waals surface area contributed by atoms with E-state index in [9.17, 15) is 18.4 Å². The maximum atomic E-state index is 14.2. The standard InChI is InChI=1S/C29H33F2N5O3/c1-17-6-5-8-26(17)36-13-11-24(21(16-36)28(37)33-18(2)23-7-3-4-12-32-23)34-29(38)27-15-25(35-39-27)20-10-9-19(30)14-22(20)31/h3-4,7,9-10,12,14-15,17-18,21,24,26H,5-6,8,11,13,16H2,1-2H3,(H,33,37)(H,34,38)/t17-,18-,21-,24-,26-/m1/s1. The highest BCUT2D eigenvalue weighted by atomic mass is 19.1. The molecule has 5 atom stereocenters. The molecule has 2 aliphatic rings. The van der Waals surface area contributed by atoms with E-state index in [4.69, 9.17) is 4.52 Å². The van der Waals surface area contributed by atoms with Gasteiger partial charge in [0.25, 0.3) is 5.91 Å². The smallest absolute Gasteiger partial charge is 0.290 e. The summed E-state index contributed by atoms with van der Waals surface area (Å²) < 4.78 is 32.7. The minimum atomic E-state index is -0.803. The van der Waals surface area contributed by atoms with Crippen molar-refractivity contribution in [1.82, 2.24) is 25.7 Å². The Kier molecular flexibility index (Phi) is 8.02. The van der Waals surface area contributed by atoms with Gasteiger partial charge in [0.2, 0.25) is 11.7 Å². The van der Waals surface area contributed by atoms with Crippen LogP contribution in [0, 0.1) is 23.5 Å². The lowest BCUT2D eigenvalue weighted by atomic mass is 9.88. The minimum Gasteiger partial charge on any atom is -0.350 e. The fourth-order valence-corrected chi connectivity index (χ4v) is 5.86. The van der Waals surface area contributed by atoms with Crippen LogP contribution in [0.15, 0.2) is 53.2 Å². The van der Waals surface area contributed by atoms with Crippen LogP contribution in [0.5, 0.6) is 0 Å². The highest BCUT2D eigenvalue weighted by Gasteiger charge is 2.40. The Hall–Kier alpha value is -3.66. The summed E-state index contributed by atoms with van der Waals surface area (Å²) in [5.74, 6) is -2.24. The van der Waals surface area contributed by atoms with E-state index in [0.29, 0.717) is 24.9 Å². The summed E-state index contributed by atoms with van der Waals surface area (Å²) >= 11 is 0. The van der Waals surface area contributed by atoms with Crippen molar-refractivity contribution >= 4 is 11.8 Å². The zero-order valence-electron chi connectivity index (χ0n) is 22.1. The van der Waals surface area contributed by atoms with E-state index in [1.165, 1.54) is 25.0 Å². The van der Waals surface area contributed by atoms with Crippen LogP contribution in [0.3, 0.4) is 0 Å². The van der Waals surface area contributed by atoms with Crippen molar-refractivity contribution < 1.29 is 22.9 Å². The second-order valence-corrected chi connectivity index (χ2v) is 10.6. The summed E-state index contributed by atoms with van der Waals surface area (Å²) in [5, 5.41) is 9.84. The average molecular weight is 538 g/mol. The van der Waals surface area contributed by atoms with Gasteiger partial charge in [-0.25, -0.2) is 8.78 Å². The van der Waals surface area contributed by atoms with Crippen molar-refractivity contribution in [1.29, 1.82) is 0 Å². The summed E-state index contributed by atoms with van der Waals surface area (Å²) in [6.07, 6.45) is 5.75. The number of halogens is 2. The van der Waals surface area contributed by atoms with E-state index in [1.54, 1.807) is 6.20 Å². The van der Waals surface area contributed by atoms with Crippen molar-refractivity contribution in [2.24, 2.45) is 11.8 Å². The third-order valence-corrected chi connectivity index (χ3v) is 8.01. The van der Waals surface area contributed by atoms with Crippen molar-refractivity contribution in [3.05, 3.63) is 71.8 Å². The van der Waals surface area contributed by atoms with E-state index in [-0.39, 0.29) is 29.0 Å². The summed E-state index contributed by atoms with van der Waals surface area (Å²) in [6, 6.07) is 9.68. The number of carbonyl (C=O) groups is 2. The molecule has 10 heteroatoms. The Morgan fingerprint density at radius 1 is 1.13 bits per heavy atom. The van der Waals surface area contributed by atoms with Crippen molar-refractivity contribution in [2.45, 2.75) is 57.7 Å². The number of benzene rings is 1. The first-order valence-corrected chi connectivity index (χ1v) is 13.5. The summed E-state index contributed by atoms with van der Waals surface area (Å²) in [5.41, 5.74) is 0.867. The largest absolute Gasteiger partial charge is 0.350 e. The molecule has 3 aromatic rings. The number of amides is 2. The van der Waals surface area contributed by atoms with Crippen LogP contribution in [0.1, 0.15) is 61.8 Å². The molecule has 1 aromatic carbocycles. The molecule has 2 amide bonds. The van der Waals surface area contributed by atoms with Crippen LogP contribution in [-0.4, -0.2) is 52.0 Å². The zero-order valence-corrected chi connectivity index (χ0v) is 22.1. The number of nitrogens with zero attached hydrogens (tertiary/aromatic N) is 3. The molecule has 1 saturated carbocycles. The molecule has 0 radical (unpaired) electrons. The number of likely N-dealkylation sites (tertiary alicyclic amines) is 1. The van der Waals surface area contributed by atoms with E-state index in [1.807, 2.05) is 25.1 Å². The van der Waals surface area contributed by atoms with Gasteiger partial charge in [0.1, 0.15) is 17.3 Å². The second kappa shape index (κ2) is 11.6. The van der Waals surface area contributed by atoms with Crippen molar-refractivity contribution in [2.75, 3.05) is 13.1 Å². The third-order valence-electron chi connectivity index (χ3n) is 8.01. The maximum absolute atomic E-state index is 14.2. The fourth-order valence-electron chi connectivity index (χ4n) is 5.86. The minimum absolute atomic E-state index is 0.0268. The normalized spacial score (nSPS) is 24.3. The van der Waals surface area contributed by atoms with E-state index < -0.39 is 29.5 Å². The lowest BCUT2D eigenvalue weighted by Crippen LogP contribution is -2.58. The van der Waals surface area contributed by atoms with Gasteiger partial charge in [-0.3, -0.25) is 19.5 Å². The first-order valence-electron chi connectivity index (χ1n) is 13.5. The van der Waals surface area contributed by atoms with Crippen molar-refractivity contribution in [3.8, 4) is 11.3 Å². The molecule has 1 aliphatic carbocycles. The number of hydrogen-bond acceptors (Lipinski definition) is 6. The number of pyridine rings is 1. The Morgan fingerprint density at radius 2 is 1.97 bits per heavy atom. The lowest BCUT2D eigenvalue weighted by Gasteiger charge is -2.42. The quantitative estimate of drug-likeness (QED) is 0.460. The van der Waals surface area contributed by atoms with E-state index in [0.717, 1.165) is 30.8 Å². The third kappa shape index (κ3) is 6.00. The van der Waals surface area contributed by atoms with Gasteiger partial charge < -0.3 is 15.2 Å². The number of nitrogens with one attached hydrogen (secondary N) is 2. The zero-order chi connectivity index (χ0) is 27.5. The Labute approximate surface area is 226 Å². The molecule has 1 aliphatic heterocycles. The molecule has 0 unspecified atom stereocenters. The molecular formula is C29H33F2N5O3. The molecule has 0 spiro atoms. The van der Waals surface area contributed by atoms with Gasteiger partial charge in [-0.1, -0.05) is 24.6 Å². The number of aromatic nitrogens is 2. The molecule has 2 N–H and O–H groups in total. The van der Waals surface area contributed by atoms with Crippen LogP contribution < -0.4 is 10.6 Å². The highest BCUT2D eigenvalue weighted by molar-refractivity contribution is 5.93. The van der Waals surface area contributed by atoms with Crippen LogP contribution in [0.2, 0.25) is 0 Å². The van der Waals surface area contributed by atoms with Crippen LogP contribution in [0.25, 0.3) is 11.3 Å². The predicted molar refractivity (Wildman–Crippen MR) is 140 cm³/mol. The number of hydrogen-bond donors (Lipinski definition) is 2. The number of piperidine rings is 1. The van der Waals surface area contributed by atoms with Gasteiger partial charge in [0, 0.05) is 49.1 Å². The van der Waals surface area contributed by atoms with Gasteiger partial charge in [-0.15, -0.1) is 0 Å². The fraction of sp³-hybridized carbons (Fsp3) is 0.448. The molecule has 0 bridgehead atoms. The molecule has 8 nitrogen and oxygen atoms in total. The number of carbonyl (C=O) groups excluding carboxylic acids is 2. The SMILES string of the molecule is C[C@@H]1CCC[C@H]1N1CC[C@@H](NC(=O)c2cc(-c3ccc(F)cc3F)no2)[C@H](C(=O)N[C@H](C)c2ccccn2)C1. The van der Waals surface area contributed by atoms with Gasteiger partial charge in [0.15, 0.2) is 0 Å². The first kappa shape index (κ1) is 26.9. The topological polar surface area (TPSA) is 100 Å². The van der Waals surface area contributed by atoms with E-state index >= 15 is 0 Å². The summed E-state index contributed by atoms with van der Waals surface area (Å²) in [7, 11) is 0. The molecule has 2 aromatic heterocycles. The van der Waals surface area contributed by atoms with Crippen LogP contribution in [-0.2, 0) is 4.79 Å². The lowest BCUT2D eigenvalue weighted by molar-refractivity contribution is -0.128. The first-order chi connectivity index (χ1) is 18.8. The van der Waals surface area contributed by atoms with Gasteiger partial charge in [-0.2, -0.15) is 0 Å². The Morgan fingerprint density at radius 3 is 2.69 bits per heavy atom. The molecule has 2 fully saturated rings. The predicted octanol–water partition coefficient (Wildman–Crippen LogP) is 4.50. The summed E-state index contributed by atoms with van der Waals surface area (Å²) in [6.45, 7) is 5.44. The Bertz CT molecular complexity index is 1320. The maximum Gasteiger partial charge on any atom is 0.290 e. The molecular weight excluding hydrogens is 504 g/mol. The summed E-state index contributed by atoms with van der Waals surface area (Å²) in [4.78, 5) is 33.5. The van der Waals surface area contributed by atoms with E-state index in [2.05, 4.69) is 32.6 Å².